The second-order valence-corrected chi connectivity index (χ2v) is 8.75. The van der Waals surface area contributed by atoms with Crippen LogP contribution in [0.25, 0.3) is 10.2 Å². The quantitative estimate of drug-likeness (QED) is 0.529. The minimum Gasteiger partial charge on any atom is -0.462 e. The molecule has 1 aromatic carbocycles. The Morgan fingerprint density at radius 3 is 2.69 bits per heavy atom. The second-order valence-electron chi connectivity index (χ2n) is 7.75. The van der Waals surface area contributed by atoms with E-state index in [2.05, 4.69) is 10.2 Å². The Kier molecular flexibility index (Phi) is 6.98. The Balaban J connectivity index is 1.72. The summed E-state index contributed by atoms with van der Waals surface area (Å²) in [5.41, 5.74) is 1.74. The van der Waals surface area contributed by atoms with Crippen molar-refractivity contribution >= 4 is 33.3 Å². The summed E-state index contributed by atoms with van der Waals surface area (Å²) in [4.78, 5) is 25.6. The molecule has 170 valence electrons. The van der Waals surface area contributed by atoms with Crippen LogP contribution in [0.15, 0.2) is 24.3 Å². The molecule has 1 N–H and O–H groups in total. The highest BCUT2D eigenvalue weighted by Crippen LogP contribution is 2.36. The first-order chi connectivity index (χ1) is 15.5. The fourth-order valence-electron chi connectivity index (χ4n) is 3.75. The molecular weight excluding hydrogens is 431 g/mol. The molecule has 1 aliphatic rings. The number of benzene rings is 1. The van der Waals surface area contributed by atoms with Crippen molar-refractivity contribution in [2.24, 2.45) is 0 Å². The SMILES string of the molecule is CCOC(=O)c1sc2nc(CN3CCOCC3)nc(NC(C)c3ccc(F)cc3)c2c1C. The average Bonchev–Trinajstić information content (AvgIpc) is 3.11. The van der Waals surface area contributed by atoms with Gasteiger partial charge in [0.2, 0.25) is 0 Å². The number of carbonyl (C=O) groups excluding carboxylic acids is 1. The molecular formula is C23H27FN4O3S. The van der Waals surface area contributed by atoms with Crippen LogP contribution >= 0.6 is 11.3 Å². The van der Waals surface area contributed by atoms with Gasteiger partial charge in [0.1, 0.15) is 27.2 Å². The number of morpholine rings is 1. The van der Waals surface area contributed by atoms with Crippen molar-refractivity contribution in [1.82, 2.24) is 14.9 Å². The van der Waals surface area contributed by atoms with E-state index < -0.39 is 0 Å². The summed E-state index contributed by atoms with van der Waals surface area (Å²) in [5, 5.41) is 4.28. The molecule has 0 radical (unpaired) electrons. The molecule has 32 heavy (non-hydrogen) atoms. The van der Waals surface area contributed by atoms with Gasteiger partial charge in [-0.2, -0.15) is 0 Å². The molecule has 0 amide bonds. The number of carbonyl (C=O) groups is 1. The van der Waals surface area contributed by atoms with Crippen LogP contribution in [0.4, 0.5) is 10.2 Å². The van der Waals surface area contributed by atoms with Gasteiger partial charge >= 0.3 is 5.97 Å². The zero-order valence-electron chi connectivity index (χ0n) is 18.5. The fourth-order valence-corrected chi connectivity index (χ4v) is 4.84. The molecule has 1 atom stereocenters. The standard InChI is InChI=1S/C23H27FN4O3S/c1-4-31-23(29)20-14(2)19-21(25-15(3)16-5-7-17(24)8-6-16)26-18(27-22(19)32-20)13-28-9-11-30-12-10-28/h5-8,15H,4,9-13H2,1-3H3,(H,25,26,27). The number of anilines is 1. The maximum Gasteiger partial charge on any atom is 0.348 e. The molecule has 0 spiro atoms. The molecule has 1 aliphatic heterocycles. The normalized spacial score (nSPS) is 15.6. The predicted octanol–water partition coefficient (Wildman–Crippen LogP) is 4.32. The van der Waals surface area contributed by atoms with Crippen LogP contribution in [0, 0.1) is 12.7 Å². The molecule has 9 heteroatoms. The van der Waals surface area contributed by atoms with E-state index in [-0.39, 0.29) is 17.8 Å². The summed E-state index contributed by atoms with van der Waals surface area (Å²) in [6, 6.07) is 6.29. The number of nitrogens with zero attached hydrogens (tertiary/aromatic N) is 3. The second kappa shape index (κ2) is 9.89. The molecule has 0 aliphatic carbocycles. The van der Waals surface area contributed by atoms with Gasteiger partial charge in [-0.3, -0.25) is 4.90 Å². The van der Waals surface area contributed by atoms with Crippen LogP contribution in [0.1, 0.15) is 46.5 Å². The molecule has 2 aromatic heterocycles. The smallest absolute Gasteiger partial charge is 0.348 e. The van der Waals surface area contributed by atoms with Crippen LogP contribution in [-0.2, 0) is 16.0 Å². The van der Waals surface area contributed by atoms with E-state index in [4.69, 9.17) is 19.4 Å². The molecule has 7 nitrogen and oxygen atoms in total. The third kappa shape index (κ3) is 4.90. The van der Waals surface area contributed by atoms with Gasteiger partial charge in [0, 0.05) is 19.1 Å². The third-order valence-corrected chi connectivity index (χ3v) is 6.65. The first-order valence-electron chi connectivity index (χ1n) is 10.8. The van der Waals surface area contributed by atoms with Crippen LogP contribution in [0.2, 0.25) is 0 Å². The average molecular weight is 459 g/mol. The van der Waals surface area contributed by atoms with Crippen molar-refractivity contribution in [3.63, 3.8) is 0 Å². The van der Waals surface area contributed by atoms with Crippen molar-refractivity contribution in [2.75, 3.05) is 38.2 Å². The van der Waals surface area contributed by atoms with Gasteiger partial charge in [-0.05, 0) is 44.0 Å². The van der Waals surface area contributed by atoms with Gasteiger partial charge in [0.25, 0.3) is 0 Å². The maximum atomic E-state index is 13.4. The highest BCUT2D eigenvalue weighted by molar-refractivity contribution is 7.20. The van der Waals surface area contributed by atoms with Gasteiger partial charge in [-0.25, -0.2) is 19.2 Å². The topological polar surface area (TPSA) is 76.6 Å². The number of ether oxygens (including phenoxy) is 2. The zero-order valence-corrected chi connectivity index (χ0v) is 19.3. The van der Waals surface area contributed by atoms with Gasteiger partial charge in [0.15, 0.2) is 0 Å². The molecule has 0 saturated carbocycles. The lowest BCUT2D eigenvalue weighted by atomic mass is 10.1. The van der Waals surface area contributed by atoms with Gasteiger partial charge in [0.05, 0.1) is 31.8 Å². The zero-order chi connectivity index (χ0) is 22.7. The molecule has 0 bridgehead atoms. The number of aromatic nitrogens is 2. The van der Waals surface area contributed by atoms with Gasteiger partial charge < -0.3 is 14.8 Å². The first kappa shape index (κ1) is 22.6. The number of hydrogen-bond donors (Lipinski definition) is 1. The van der Waals surface area contributed by atoms with Crippen LogP contribution in [0.5, 0.6) is 0 Å². The molecule has 3 heterocycles. The lowest BCUT2D eigenvalue weighted by molar-refractivity contribution is 0.0331. The Morgan fingerprint density at radius 2 is 2.00 bits per heavy atom. The predicted molar refractivity (Wildman–Crippen MR) is 123 cm³/mol. The Bertz CT molecular complexity index is 1100. The van der Waals surface area contributed by atoms with Gasteiger partial charge in [-0.1, -0.05) is 12.1 Å². The number of hydrogen-bond acceptors (Lipinski definition) is 8. The highest BCUT2D eigenvalue weighted by atomic mass is 32.1. The number of esters is 1. The summed E-state index contributed by atoms with van der Waals surface area (Å²) in [6.45, 7) is 9.64. The number of nitrogens with one attached hydrogen (secondary N) is 1. The van der Waals surface area contributed by atoms with Crippen molar-refractivity contribution in [3.8, 4) is 0 Å². The molecule has 4 rings (SSSR count). The molecule has 1 unspecified atom stereocenters. The minimum absolute atomic E-state index is 0.115. The van der Waals surface area contributed by atoms with E-state index in [9.17, 15) is 9.18 Å². The van der Waals surface area contributed by atoms with E-state index in [0.717, 1.165) is 34.4 Å². The lowest BCUT2D eigenvalue weighted by Crippen LogP contribution is -2.36. The Hall–Kier alpha value is -2.62. The van der Waals surface area contributed by atoms with E-state index in [1.807, 2.05) is 13.8 Å². The number of aryl methyl sites for hydroxylation is 1. The number of halogens is 1. The summed E-state index contributed by atoms with van der Waals surface area (Å²) in [5.74, 6) is 0.732. The van der Waals surface area contributed by atoms with E-state index >= 15 is 0 Å². The summed E-state index contributed by atoms with van der Waals surface area (Å²) in [6.07, 6.45) is 0. The van der Waals surface area contributed by atoms with E-state index in [0.29, 0.717) is 42.9 Å². The number of rotatable bonds is 7. The van der Waals surface area contributed by atoms with Crippen LogP contribution in [-0.4, -0.2) is 53.7 Å². The molecule has 1 saturated heterocycles. The Labute approximate surface area is 190 Å². The van der Waals surface area contributed by atoms with E-state index in [1.165, 1.54) is 23.5 Å². The summed E-state index contributed by atoms with van der Waals surface area (Å²) in [7, 11) is 0. The number of thiophene rings is 1. The van der Waals surface area contributed by atoms with Crippen LogP contribution < -0.4 is 5.32 Å². The summed E-state index contributed by atoms with van der Waals surface area (Å²) >= 11 is 1.33. The number of fused-ring (bicyclic) bond motifs is 1. The monoisotopic (exact) mass is 458 g/mol. The van der Waals surface area contributed by atoms with Crippen LogP contribution in [0.3, 0.4) is 0 Å². The molecule has 1 fully saturated rings. The molecule has 3 aromatic rings. The maximum absolute atomic E-state index is 13.4. The minimum atomic E-state index is -0.347. The third-order valence-electron chi connectivity index (χ3n) is 5.49. The lowest BCUT2D eigenvalue weighted by Gasteiger charge is -2.26. The first-order valence-corrected chi connectivity index (χ1v) is 11.6. The summed E-state index contributed by atoms with van der Waals surface area (Å²) < 4.78 is 24.0. The van der Waals surface area contributed by atoms with Crippen molar-refractivity contribution in [2.45, 2.75) is 33.4 Å². The highest BCUT2D eigenvalue weighted by Gasteiger charge is 2.23. The van der Waals surface area contributed by atoms with Crippen molar-refractivity contribution in [1.29, 1.82) is 0 Å². The van der Waals surface area contributed by atoms with Crippen molar-refractivity contribution < 1.29 is 18.7 Å². The largest absolute Gasteiger partial charge is 0.462 e. The van der Waals surface area contributed by atoms with E-state index in [1.54, 1.807) is 19.1 Å². The fraction of sp³-hybridized carbons (Fsp3) is 0.435. The van der Waals surface area contributed by atoms with Gasteiger partial charge in [-0.15, -0.1) is 11.3 Å². The van der Waals surface area contributed by atoms with Crippen molar-refractivity contribution in [3.05, 3.63) is 51.9 Å². The Morgan fingerprint density at radius 1 is 1.28 bits per heavy atom.